The maximum absolute atomic E-state index is 12.1. The number of carbonyl (C=O) groups is 2. The molecule has 1 N–H and O–H groups in total. The number of benzene rings is 2. The number of nitrogens with one attached hydrogen (secondary N) is 1. The summed E-state index contributed by atoms with van der Waals surface area (Å²) in [6, 6.07) is 12.3. The molecule has 3 rings (SSSR count). The van der Waals surface area contributed by atoms with Crippen LogP contribution in [0.15, 0.2) is 61.2 Å². The number of carbonyl (C=O) groups excluding carboxylic acids is 2. The van der Waals surface area contributed by atoms with Gasteiger partial charge in [-0.05, 0) is 42.0 Å². The monoisotopic (exact) mass is 368 g/mol. The van der Waals surface area contributed by atoms with E-state index in [2.05, 4.69) is 11.9 Å². The Balaban J connectivity index is 1.74. The van der Waals surface area contributed by atoms with Gasteiger partial charge in [-0.25, -0.2) is 0 Å². The van der Waals surface area contributed by atoms with Gasteiger partial charge in [0.1, 0.15) is 5.75 Å². The van der Waals surface area contributed by atoms with E-state index in [4.69, 9.17) is 16.3 Å². The molecule has 0 unspecified atom stereocenters. The van der Waals surface area contributed by atoms with Crippen LogP contribution < -0.4 is 15.0 Å². The van der Waals surface area contributed by atoms with E-state index in [9.17, 15) is 9.59 Å². The minimum Gasteiger partial charge on any atom is -0.482 e. The summed E-state index contributed by atoms with van der Waals surface area (Å²) >= 11 is 5.84. The van der Waals surface area contributed by atoms with Crippen LogP contribution in [-0.2, 0) is 9.59 Å². The Hall–Kier alpha value is -3.05. The van der Waals surface area contributed by atoms with E-state index in [1.54, 1.807) is 47.4 Å². The van der Waals surface area contributed by atoms with Crippen LogP contribution in [-0.4, -0.2) is 25.0 Å². The lowest BCUT2D eigenvalue weighted by atomic mass is 10.2. The number of anilines is 2. The van der Waals surface area contributed by atoms with E-state index in [1.165, 1.54) is 6.08 Å². The lowest BCUT2D eigenvalue weighted by molar-refractivity contribution is -0.121. The molecule has 2 aromatic rings. The van der Waals surface area contributed by atoms with Crippen molar-refractivity contribution in [3.05, 3.63) is 71.8 Å². The zero-order valence-corrected chi connectivity index (χ0v) is 14.7. The number of nitrogens with zero attached hydrogens (tertiary/aromatic N) is 1. The highest BCUT2D eigenvalue weighted by molar-refractivity contribution is 6.30. The highest BCUT2D eigenvalue weighted by Crippen LogP contribution is 2.34. The summed E-state index contributed by atoms with van der Waals surface area (Å²) in [6.45, 7) is 4.04. The van der Waals surface area contributed by atoms with E-state index >= 15 is 0 Å². The quantitative estimate of drug-likeness (QED) is 0.643. The number of fused-ring (bicyclic) bond motifs is 1. The molecule has 26 heavy (non-hydrogen) atoms. The van der Waals surface area contributed by atoms with Gasteiger partial charge >= 0.3 is 0 Å². The van der Waals surface area contributed by atoms with Crippen molar-refractivity contribution in [1.82, 2.24) is 0 Å². The van der Waals surface area contributed by atoms with E-state index in [1.807, 2.05) is 12.1 Å². The van der Waals surface area contributed by atoms with Crippen molar-refractivity contribution in [3.63, 3.8) is 0 Å². The van der Waals surface area contributed by atoms with E-state index < -0.39 is 0 Å². The van der Waals surface area contributed by atoms with Gasteiger partial charge in [0.15, 0.2) is 6.61 Å². The van der Waals surface area contributed by atoms with Crippen molar-refractivity contribution < 1.29 is 14.3 Å². The van der Waals surface area contributed by atoms with Crippen LogP contribution in [0, 0.1) is 0 Å². The van der Waals surface area contributed by atoms with Crippen LogP contribution in [0.2, 0.25) is 5.02 Å². The summed E-state index contributed by atoms with van der Waals surface area (Å²) in [5.74, 6) is 0.169. The van der Waals surface area contributed by atoms with Crippen LogP contribution in [0.5, 0.6) is 5.75 Å². The second kappa shape index (κ2) is 7.89. The molecule has 0 aromatic heterocycles. The first-order valence-corrected chi connectivity index (χ1v) is 8.37. The van der Waals surface area contributed by atoms with Crippen LogP contribution in [0.1, 0.15) is 5.56 Å². The van der Waals surface area contributed by atoms with Crippen LogP contribution in [0.3, 0.4) is 0 Å². The summed E-state index contributed by atoms with van der Waals surface area (Å²) in [5, 5.41) is 3.42. The van der Waals surface area contributed by atoms with Gasteiger partial charge in [-0.15, -0.1) is 6.58 Å². The smallest absolute Gasteiger partial charge is 0.265 e. The first kappa shape index (κ1) is 17.8. The Labute approximate surface area is 156 Å². The molecule has 0 spiro atoms. The molecule has 5 nitrogen and oxygen atoms in total. The van der Waals surface area contributed by atoms with Crippen molar-refractivity contribution in [3.8, 4) is 5.75 Å². The minimum absolute atomic E-state index is 0.00360. The second-order valence-electron chi connectivity index (χ2n) is 5.64. The van der Waals surface area contributed by atoms with Gasteiger partial charge in [-0.1, -0.05) is 29.8 Å². The predicted molar refractivity (Wildman–Crippen MR) is 104 cm³/mol. The first-order valence-electron chi connectivity index (χ1n) is 7.99. The molecule has 2 aromatic carbocycles. The molecule has 2 amide bonds. The fourth-order valence-corrected chi connectivity index (χ4v) is 2.66. The maximum Gasteiger partial charge on any atom is 0.265 e. The number of hydrogen-bond donors (Lipinski definition) is 1. The van der Waals surface area contributed by atoms with E-state index in [0.717, 1.165) is 5.56 Å². The van der Waals surface area contributed by atoms with Crippen molar-refractivity contribution in [2.75, 3.05) is 23.4 Å². The predicted octanol–water partition coefficient (Wildman–Crippen LogP) is 3.90. The number of hydrogen-bond acceptors (Lipinski definition) is 3. The van der Waals surface area contributed by atoms with Gasteiger partial charge in [0, 0.05) is 23.3 Å². The second-order valence-corrected chi connectivity index (χ2v) is 6.07. The Bertz CT molecular complexity index is 875. The third-order valence-corrected chi connectivity index (χ3v) is 4.03. The highest BCUT2D eigenvalue weighted by atomic mass is 35.5. The van der Waals surface area contributed by atoms with Gasteiger partial charge in [0.2, 0.25) is 5.91 Å². The summed E-state index contributed by atoms with van der Waals surface area (Å²) in [7, 11) is 0. The average molecular weight is 369 g/mol. The molecule has 1 aliphatic rings. The molecule has 0 atom stereocenters. The number of rotatable bonds is 5. The molecule has 0 bridgehead atoms. The Morgan fingerprint density at radius 1 is 1.27 bits per heavy atom. The lowest BCUT2D eigenvalue weighted by Gasteiger charge is -2.28. The lowest BCUT2D eigenvalue weighted by Crippen LogP contribution is -2.38. The molecule has 6 heteroatoms. The molecule has 0 saturated carbocycles. The number of amides is 2. The van der Waals surface area contributed by atoms with Crippen molar-refractivity contribution >= 4 is 40.9 Å². The van der Waals surface area contributed by atoms with Gasteiger partial charge in [-0.2, -0.15) is 0 Å². The summed E-state index contributed by atoms with van der Waals surface area (Å²) in [6.07, 6.45) is 4.78. The zero-order valence-electron chi connectivity index (χ0n) is 13.9. The molecule has 132 valence electrons. The van der Waals surface area contributed by atoms with Crippen LogP contribution in [0.25, 0.3) is 6.08 Å². The van der Waals surface area contributed by atoms with E-state index in [-0.39, 0.29) is 18.4 Å². The first-order chi connectivity index (χ1) is 12.6. The molecular formula is C20H17ClN2O3. The topological polar surface area (TPSA) is 58.6 Å². The zero-order chi connectivity index (χ0) is 18.5. The SMILES string of the molecule is C=CCN1C(=O)COc2ccc(NC(=O)/C=C/c3ccc(Cl)cc3)cc21. The molecule has 0 aliphatic carbocycles. The Morgan fingerprint density at radius 3 is 2.77 bits per heavy atom. The third kappa shape index (κ3) is 4.13. The van der Waals surface area contributed by atoms with Gasteiger partial charge in [-0.3, -0.25) is 9.59 Å². The highest BCUT2D eigenvalue weighted by Gasteiger charge is 2.24. The van der Waals surface area contributed by atoms with Crippen LogP contribution >= 0.6 is 11.6 Å². The minimum atomic E-state index is -0.279. The van der Waals surface area contributed by atoms with Crippen molar-refractivity contribution in [2.24, 2.45) is 0 Å². The van der Waals surface area contributed by atoms with Crippen LogP contribution in [0.4, 0.5) is 11.4 Å². The van der Waals surface area contributed by atoms with Gasteiger partial charge in [0.05, 0.1) is 5.69 Å². The maximum atomic E-state index is 12.1. The average Bonchev–Trinajstić information content (AvgIpc) is 2.64. The molecule has 0 saturated heterocycles. The Morgan fingerprint density at radius 2 is 2.04 bits per heavy atom. The van der Waals surface area contributed by atoms with Crippen molar-refractivity contribution in [2.45, 2.75) is 0 Å². The van der Waals surface area contributed by atoms with E-state index in [0.29, 0.717) is 28.7 Å². The van der Waals surface area contributed by atoms with Gasteiger partial charge < -0.3 is 15.0 Å². The molecule has 0 radical (unpaired) electrons. The summed E-state index contributed by atoms with van der Waals surface area (Å²) < 4.78 is 5.42. The summed E-state index contributed by atoms with van der Waals surface area (Å²) in [4.78, 5) is 25.7. The molecule has 0 fully saturated rings. The molecule has 1 aliphatic heterocycles. The van der Waals surface area contributed by atoms with Gasteiger partial charge in [0.25, 0.3) is 5.91 Å². The normalized spacial score (nSPS) is 13.3. The Kier molecular flexibility index (Phi) is 5.39. The fourth-order valence-electron chi connectivity index (χ4n) is 2.54. The van der Waals surface area contributed by atoms with Crippen molar-refractivity contribution in [1.29, 1.82) is 0 Å². The fraction of sp³-hybridized carbons (Fsp3) is 0.100. The largest absolute Gasteiger partial charge is 0.482 e. The molecular weight excluding hydrogens is 352 g/mol. The number of halogens is 1. The number of ether oxygens (including phenoxy) is 1. The summed E-state index contributed by atoms with van der Waals surface area (Å²) in [5.41, 5.74) is 2.05. The standard InChI is InChI=1S/C20H17ClN2O3/c1-2-11-23-17-12-16(8-9-18(17)26-13-20(23)25)22-19(24)10-5-14-3-6-15(21)7-4-14/h2-10,12H,1,11,13H2,(H,22,24)/b10-5+. The third-order valence-electron chi connectivity index (χ3n) is 3.78. The molecule has 1 heterocycles.